The van der Waals surface area contributed by atoms with Crippen molar-refractivity contribution < 1.29 is 9.59 Å². The van der Waals surface area contributed by atoms with E-state index in [9.17, 15) is 9.59 Å². The van der Waals surface area contributed by atoms with E-state index in [0.717, 1.165) is 12.8 Å². The Hall–Kier alpha value is -0.860. The van der Waals surface area contributed by atoms with Gasteiger partial charge in [0.25, 0.3) is 5.91 Å². The van der Waals surface area contributed by atoms with Crippen molar-refractivity contribution in [3.8, 4) is 0 Å². The second-order valence-electron chi connectivity index (χ2n) is 2.94. The van der Waals surface area contributed by atoms with Crippen LogP contribution in [-0.4, -0.2) is 18.7 Å². The van der Waals surface area contributed by atoms with Gasteiger partial charge in [0.2, 0.25) is 6.29 Å². The van der Waals surface area contributed by atoms with Crippen molar-refractivity contribution in [1.29, 1.82) is 0 Å². The molecule has 3 heteroatoms. The highest BCUT2D eigenvalue weighted by molar-refractivity contribution is 6.23. The molecule has 64 valence electrons. The van der Waals surface area contributed by atoms with E-state index in [-0.39, 0.29) is 0 Å². The van der Waals surface area contributed by atoms with Gasteiger partial charge < -0.3 is 5.32 Å². The van der Waals surface area contributed by atoms with Crippen molar-refractivity contribution in [2.45, 2.75) is 26.7 Å². The molecule has 3 nitrogen and oxygen atoms in total. The number of nitrogens with one attached hydrogen (secondary N) is 1. The van der Waals surface area contributed by atoms with E-state index in [1.54, 1.807) is 0 Å². The molecule has 0 aromatic heterocycles. The lowest BCUT2D eigenvalue weighted by molar-refractivity contribution is -0.131. The number of carbonyl (C=O) groups excluding carboxylic acids is 2. The molecule has 0 heterocycles. The number of aldehydes is 1. The van der Waals surface area contributed by atoms with Gasteiger partial charge in [0.05, 0.1) is 0 Å². The zero-order valence-electron chi connectivity index (χ0n) is 7.09. The van der Waals surface area contributed by atoms with Crippen LogP contribution in [0.1, 0.15) is 26.7 Å². The Morgan fingerprint density at radius 2 is 2.18 bits per heavy atom. The van der Waals surface area contributed by atoms with E-state index in [0.29, 0.717) is 18.7 Å². The fraction of sp³-hybridized carbons (Fsp3) is 0.750. The van der Waals surface area contributed by atoms with Crippen molar-refractivity contribution in [1.82, 2.24) is 5.32 Å². The van der Waals surface area contributed by atoms with Crippen molar-refractivity contribution in [3.63, 3.8) is 0 Å². The van der Waals surface area contributed by atoms with Gasteiger partial charge in [0, 0.05) is 6.54 Å². The number of carbonyl (C=O) groups is 2. The predicted molar refractivity (Wildman–Crippen MR) is 43.1 cm³/mol. The quantitative estimate of drug-likeness (QED) is 0.363. The van der Waals surface area contributed by atoms with Crippen LogP contribution in [0.5, 0.6) is 0 Å². The molecule has 1 amide bonds. The van der Waals surface area contributed by atoms with Crippen LogP contribution in [0, 0.1) is 5.92 Å². The van der Waals surface area contributed by atoms with E-state index in [1.165, 1.54) is 0 Å². The largest absolute Gasteiger partial charge is 0.350 e. The van der Waals surface area contributed by atoms with Crippen LogP contribution in [0.15, 0.2) is 0 Å². The minimum Gasteiger partial charge on any atom is -0.350 e. The summed E-state index contributed by atoms with van der Waals surface area (Å²) >= 11 is 0. The van der Waals surface area contributed by atoms with Gasteiger partial charge in [-0.1, -0.05) is 13.8 Å². The summed E-state index contributed by atoms with van der Waals surface area (Å²) in [6, 6.07) is 0. The summed E-state index contributed by atoms with van der Waals surface area (Å²) in [6.07, 6.45) is 2.33. The monoisotopic (exact) mass is 157 g/mol. The van der Waals surface area contributed by atoms with Gasteiger partial charge in [-0.3, -0.25) is 9.59 Å². The zero-order valence-corrected chi connectivity index (χ0v) is 7.09. The fourth-order valence-corrected chi connectivity index (χ4v) is 0.764. The molecule has 0 spiro atoms. The fourth-order valence-electron chi connectivity index (χ4n) is 0.764. The first-order valence-corrected chi connectivity index (χ1v) is 3.90. The third kappa shape index (κ3) is 7.03. The maximum Gasteiger partial charge on any atom is 0.284 e. The van der Waals surface area contributed by atoms with Gasteiger partial charge in [0.15, 0.2) is 0 Å². The Bertz CT molecular complexity index is 132. The first-order chi connectivity index (χ1) is 5.16. The standard InChI is InChI=1S/C8H15NO2/c1-7(2)4-3-5-9-8(11)6-10/h6-7H,3-5H2,1-2H3,(H,9,11). The third-order valence-electron chi connectivity index (χ3n) is 1.36. The van der Waals surface area contributed by atoms with E-state index in [4.69, 9.17) is 0 Å². The zero-order chi connectivity index (χ0) is 8.69. The van der Waals surface area contributed by atoms with E-state index < -0.39 is 5.91 Å². The normalized spacial score (nSPS) is 9.73. The summed E-state index contributed by atoms with van der Waals surface area (Å²) < 4.78 is 0. The Kier molecular flexibility index (Phi) is 5.43. The second kappa shape index (κ2) is 5.89. The molecule has 0 aliphatic rings. The van der Waals surface area contributed by atoms with E-state index in [1.807, 2.05) is 0 Å². The van der Waals surface area contributed by atoms with Crippen LogP contribution in [0.25, 0.3) is 0 Å². The lowest BCUT2D eigenvalue weighted by Gasteiger charge is -2.03. The third-order valence-corrected chi connectivity index (χ3v) is 1.36. The summed E-state index contributed by atoms with van der Waals surface area (Å²) in [5, 5.41) is 2.48. The molecule has 0 unspecified atom stereocenters. The molecular weight excluding hydrogens is 142 g/mol. The highest BCUT2D eigenvalue weighted by Gasteiger charge is 1.96. The number of amides is 1. The van der Waals surface area contributed by atoms with Crippen molar-refractivity contribution in [2.24, 2.45) is 5.92 Å². The summed E-state index contributed by atoms with van der Waals surface area (Å²) in [5.74, 6) is 0.136. The molecule has 0 radical (unpaired) electrons. The van der Waals surface area contributed by atoms with E-state index >= 15 is 0 Å². The molecule has 0 aromatic rings. The minimum absolute atomic E-state index is 0.301. The smallest absolute Gasteiger partial charge is 0.284 e. The van der Waals surface area contributed by atoms with Gasteiger partial charge in [-0.05, 0) is 18.8 Å². The lowest BCUT2D eigenvalue weighted by Crippen LogP contribution is -2.25. The highest BCUT2D eigenvalue weighted by atomic mass is 16.2. The average Bonchev–Trinajstić information content (AvgIpc) is 1.97. The lowest BCUT2D eigenvalue weighted by atomic mass is 10.1. The maximum absolute atomic E-state index is 10.4. The highest BCUT2D eigenvalue weighted by Crippen LogP contribution is 2.01. The van der Waals surface area contributed by atoms with Crippen LogP contribution < -0.4 is 5.32 Å². The SMILES string of the molecule is CC(C)CCCNC(=O)C=O. The Balaban J connectivity index is 3.14. The molecule has 1 N–H and O–H groups in total. The molecule has 0 rings (SSSR count). The molecule has 0 aliphatic heterocycles. The second-order valence-corrected chi connectivity index (χ2v) is 2.94. The average molecular weight is 157 g/mol. The molecule has 0 bridgehead atoms. The topological polar surface area (TPSA) is 46.2 Å². The number of hydrogen-bond acceptors (Lipinski definition) is 2. The number of rotatable bonds is 5. The van der Waals surface area contributed by atoms with Crippen molar-refractivity contribution in [2.75, 3.05) is 6.54 Å². The molecule has 0 saturated carbocycles. The van der Waals surface area contributed by atoms with Crippen LogP contribution in [0.2, 0.25) is 0 Å². The Morgan fingerprint density at radius 3 is 2.64 bits per heavy atom. The molecule has 0 saturated heterocycles. The Morgan fingerprint density at radius 1 is 1.55 bits per heavy atom. The van der Waals surface area contributed by atoms with Crippen molar-refractivity contribution in [3.05, 3.63) is 0 Å². The van der Waals surface area contributed by atoms with Gasteiger partial charge in [-0.2, -0.15) is 0 Å². The molecule has 0 fully saturated rings. The molecule has 0 atom stereocenters. The number of hydrogen-bond donors (Lipinski definition) is 1. The van der Waals surface area contributed by atoms with E-state index in [2.05, 4.69) is 19.2 Å². The van der Waals surface area contributed by atoms with Gasteiger partial charge >= 0.3 is 0 Å². The van der Waals surface area contributed by atoms with Crippen LogP contribution in [-0.2, 0) is 9.59 Å². The van der Waals surface area contributed by atoms with Gasteiger partial charge in [-0.25, -0.2) is 0 Å². The summed E-state index contributed by atoms with van der Waals surface area (Å²) in [6.45, 7) is 4.86. The van der Waals surface area contributed by atoms with Gasteiger partial charge in [0.1, 0.15) is 0 Å². The summed E-state index contributed by atoms with van der Waals surface area (Å²) in [7, 11) is 0. The molecular formula is C8H15NO2. The van der Waals surface area contributed by atoms with Crippen molar-refractivity contribution >= 4 is 12.2 Å². The van der Waals surface area contributed by atoms with Gasteiger partial charge in [-0.15, -0.1) is 0 Å². The molecule has 0 aliphatic carbocycles. The summed E-state index contributed by atoms with van der Waals surface area (Å²) in [4.78, 5) is 20.2. The first-order valence-electron chi connectivity index (χ1n) is 3.90. The Labute approximate surface area is 67.2 Å². The maximum atomic E-state index is 10.4. The predicted octanol–water partition coefficient (Wildman–Crippen LogP) is 0.738. The minimum atomic E-state index is -0.520. The summed E-state index contributed by atoms with van der Waals surface area (Å²) in [5.41, 5.74) is 0. The van der Waals surface area contributed by atoms with Crippen LogP contribution in [0.4, 0.5) is 0 Å². The van der Waals surface area contributed by atoms with Crippen LogP contribution in [0.3, 0.4) is 0 Å². The molecule has 0 aromatic carbocycles. The molecule has 11 heavy (non-hydrogen) atoms. The first kappa shape index (κ1) is 10.1. The van der Waals surface area contributed by atoms with Crippen LogP contribution >= 0.6 is 0 Å².